The second-order valence-electron chi connectivity index (χ2n) is 7.37. The van der Waals surface area contributed by atoms with Crippen molar-refractivity contribution >= 4 is 40.5 Å². The summed E-state index contributed by atoms with van der Waals surface area (Å²) in [7, 11) is 0.854. The zero-order valence-electron chi connectivity index (χ0n) is 19.1. The normalized spacial score (nSPS) is 11.9. The third-order valence-electron chi connectivity index (χ3n) is 4.73. The number of nitrogens with zero attached hydrogens (tertiary/aromatic N) is 3. The van der Waals surface area contributed by atoms with E-state index in [4.69, 9.17) is 0 Å². The van der Waals surface area contributed by atoms with Crippen molar-refractivity contribution in [1.29, 1.82) is 0 Å². The number of aromatic nitrogens is 1. The molecule has 4 amide bonds. The van der Waals surface area contributed by atoms with Crippen LogP contribution >= 0.6 is 11.3 Å². The van der Waals surface area contributed by atoms with Crippen molar-refractivity contribution in [3.63, 3.8) is 0 Å². The molecule has 0 unspecified atom stereocenters. The molecule has 1 heterocycles. The van der Waals surface area contributed by atoms with Crippen molar-refractivity contribution in [3.8, 4) is 0 Å². The SMILES string of the molecule is CN(C(=O)NC(=O)c1c(F)cccc1F)c1nc(C(F)(F)F)c(C(=O)N/N=C/c2ccccc2C(F)(F)F)s1. The van der Waals surface area contributed by atoms with Crippen LogP contribution in [0.15, 0.2) is 47.6 Å². The minimum absolute atomic E-state index is 0.0224. The maximum absolute atomic E-state index is 13.8. The molecule has 0 fully saturated rings. The zero-order chi connectivity index (χ0) is 29.1. The molecule has 2 N–H and O–H groups in total. The largest absolute Gasteiger partial charge is 0.435 e. The maximum Gasteiger partial charge on any atom is 0.435 e. The number of thiazole rings is 1. The lowest BCUT2D eigenvalue weighted by Gasteiger charge is -2.14. The Morgan fingerprint density at radius 3 is 2.13 bits per heavy atom. The molecule has 3 rings (SSSR count). The van der Waals surface area contributed by atoms with Crippen LogP contribution in [0.25, 0.3) is 0 Å². The Kier molecular flexibility index (Phi) is 8.33. The Morgan fingerprint density at radius 2 is 1.54 bits per heavy atom. The van der Waals surface area contributed by atoms with Crippen molar-refractivity contribution in [2.75, 3.05) is 11.9 Å². The molecule has 0 atom stereocenters. The number of benzene rings is 2. The molecule has 2 aromatic carbocycles. The fraction of sp³-hybridized carbons (Fsp3) is 0.136. The van der Waals surface area contributed by atoms with Gasteiger partial charge in [0.05, 0.1) is 11.8 Å². The van der Waals surface area contributed by atoms with E-state index in [1.165, 1.54) is 6.07 Å². The highest BCUT2D eigenvalue weighted by Crippen LogP contribution is 2.37. The lowest BCUT2D eigenvalue weighted by molar-refractivity contribution is -0.141. The lowest BCUT2D eigenvalue weighted by Crippen LogP contribution is -2.41. The van der Waals surface area contributed by atoms with Gasteiger partial charge in [0.15, 0.2) is 10.8 Å². The Morgan fingerprint density at radius 1 is 0.923 bits per heavy atom. The number of carbonyl (C=O) groups is 3. The van der Waals surface area contributed by atoms with Gasteiger partial charge >= 0.3 is 18.4 Å². The molecule has 0 radical (unpaired) electrons. The van der Waals surface area contributed by atoms with Gasteiger partial charge in [-0.15, -0.1) is 0 Å². The van der Waals surface area contributed by atoms with E-state index >= 15 is 0 Å². The van der Waals surface area contributed by atoms with Gasteiger partial charge in [0, 0.05) is 12.6 Å². The highest BCUT2D eigenvalue weighted by atomic mass is 32.1. The molecule has 0 spiro atoms. The maximum atomic E-state index is 13.8. The van der Waals surface area contributed by atoms with Gasteiger partial charge in [-0.2, -0.15) is 31.4 Å². The van der Waals surface area contributed by atoms with Gasteiger partial charge in [0.2, 0.25) is 0 Å². The predicted molar refractivity (Wildman–Crippen MR) is 121 cm³/mol. The topological polar surface area (TPSA) is 104 Å². The summed E-state index contributed by atoms with van der Waals surface area (Å²) in [5.74, 6) is -5.69. The Hall–Kier alpha value is -4.41. The van der Waals surface area contributed by atoms with Crippen LogP contribution < -0.4 is 15.6 Å². The number of alkyl halides is 6. The van der Waals surface area contributed by atoms with E-state index in [0.29, 0.717) is 11.1 Å². The molecule has 206 valence electrons. The molecule has 3 aromatic rings. The first kappa shape index (κ1) is 29.2. The molecular formula is C22H13F8N5O3S. The molecule has 17 heteroatoms. The quantitative estimate of drug-likeness (QED) is 0.246. The monoisotopic (exact) mass is 579 g/mol. The third-order valence-corrected chi connectivity index (χ3v) is 5.86. The number of hydrogen-bond donors (Lipinski definition) is 2. The van der Waals surface area contributed by atoms with E-state index in [0.717, 1.165) is 43.4 Å². The molecule has 0 aliphatic heterocycles. The average molecular weight is 579 g/mol. The summed E-state index contributed by atoms with van der Waals surface area (Å²) >= 11 is 0.0224. The van der Waals surface area contributed by atoms with E-state index in [1.54, 1.807) is 10.7 Å². The van der Waals surface area contributed by atoms with E-state index in [-0.39, 0.29) is 11.3 Å². The molecular weight excluding hydrogens is 566 g/mol. The predicted octanol–water partition coefficient (Wildman–Crippen LogP) is 5.21. The summed E-state index contributed by atoms with van der Waals surface area (Å²) in [6, 6.07) is 5.05. The summed E-state index contributed by atoms with van der Waals surface area (Å²) in [4.78, 5) is 39.3. The molecule has 0 aliphatic carbocycles. The number of hydrazone groups is 1. The summed E-state index contributed by atoms with van der Waals surface area (Å²) in [5, 5.41) is 4.09. The van der Waals surface area contributed by atoms with E-state index in [9.17, 15) is 49.5 Å². The minimum Gasteiger partial charge on any atom is -0.273 e. The van der Waals surface area contributed by atoms with Gasteiger partial charge in [-0.3, -0.25) is 19.8 Å². The highest BCUT2D eigenvalue weighted by Gasteiger charge is 2.41. The van der Waals surface area contributed by atoms with Crippen molar-refractivity contribution in [3.05, 3.63) is 81.4 Å². The Bertz CT molecular complexity index is 1430. The minimum atomic E-state index is -5.22. The lowest BCUT2D eigenvalue weighted by atomic mass is 10.1. The molecule has 0 saturated heterocycles. The number of nitrogens with one attached hydrogen (secondary N) is 2. The summed E-state index contributed by atoms with van der Waals surface area (Å²) < 4.78 is 107. The molecule has 0 bridgehead atoms. The number of urea groups is 1. The van der Waals surface area contributed by atoms with Crippen LogP contribution in [0, 0.1) is 11.6 Å². The van der Waals surface area contributed by atoms with Crippen molar-refractivity contribution < 1.29 is 49.5 Å². The van der Waals surface area contributed by atoms with Gasteiger partial charge < -0.3 is 0 Å². The van der Waals surface area contributed by atoms with Crippen molar-refractivity contribution in [2.45, 2.75) is 12.4 Å². The standard InChI is InChI=1S/C22H13F8N5O3S/c1-35(19(38)33-17(36)14-12(23)7-4-8-13(14)24)20-32-16(22(28,29)30)15(39-20)18(37)34-31-9-10-5-2-3-6-11(10)21(25,26)27/h2-9H,1H3,(H,34,37)(H,33,36,38)/b31-9+. The van der Waals surface area contributed by atoms with Crippen LogP contribution in [-0.2, 0) is 12.4 Å². The Labute approximate surface area is 216 Å². The third kappa shape index (κ3) is 6.73. The first-order chi connectivity index (χ1) is 18.1. The van der Waals surface area contributed by atoms with Crippen LogP contribution in [0.1, 0.15) is 36.9 Å². The van der Waals surface area contributed by atoms with E-state index in [2.05, 4.69) is 10.1 Å². The summed E-state index contributed by atoms with van der Waals surface area (Å²) in [6.45, 7) is 0. The number of carbonyl (C=O) groups excluding carboxylic acids is 3. The van der Waals surface area contributed by atoms with Crippen molar-refractivity contribution in [1.82, 2.24) is 15.7 Å². The number of amides is 4. The number of halogens is 8. The second-order valence-corrected chi connectivity index (χ2v) is 8.35. The van der Waals surface area contributed by atoms with Gasteiger partial charge in [-0.1, -0.05) is 35.6 Å². The molecule has 1 aromatic heterocycles. The highest BCUT2D eigenvalue weighted by molar-refractivity contribution is 7.17. The fourth-order valence-corrected chi connectivity index (χ4v) is 3.86. The van der Waals surface area contributed by atoms with Crippen LogP contribution in [0.4, 0.5) is 45.0 Å². The van der Waals surface area contributed by atoms with Crippen LogP contribution in [0.2, 0.25) is 0 Å². The average Bonchev–Trinajstić information content (AvgIpc) is 3.29. The number of rotatable bonds is 5. The smallest absolute Gasteiger partial charge is 0.273 e. The fourth-order valence-electron chi connectivity index (χ4n) is 2.92. The van der Waals surface area contributed by atoms with Gasteiger partial charge in [-0.05, 0) is 18.2 Å². The van der Waals surface area contributed by atoms with E-state index < -0.39 is 74.2 Å². The summed E-state index contributed by atoms with van der Waals surface area (Å²) in [5.41, 5.74) is -2.83. The second kappa shape index (κ2) is 11.1. The van der Waals surface area contributed by atoms with E-state index in [1.807, 2.05) is 0 Å². The number of imide groups is 1. The first-order valence-electron chi connectivity index (χ1n) is 10.2. The number of anilines is 1. The van der Waals surface area contributed by atoms with Crippen molar-refractivity contribution in [2.24, 2.45) is 5.10 Å². The molecule has 8 nitrogen and oxygen atoms in total. The van der Waals surface area contributed by atoms with Gasteiger partial charge in [0.25, 0.3) is 11.8 Å². The van der Waals surface area contributed by atoms with Crippen LogP contribution in [0.3, 0.4) is 0 Å². The molecule has 39 heavy (non-hydrogen) atoms. The number of hydrogen-bond acceptors (Lipinski definition) is 6. The molecule has 0 aliphatic rings. The zero-order valence-corrected chi connectivity index (χ0v) is 19.9. The Balaban J connectivity index is 1.82. The summed E-state index contributed by atoms with van der Waals surface area (Å²) in [6.07, 6.45) is -9.42. The first-order valence-corrected chi connectivity index (χ1v) is 11.0. The van der Waals surface area contributed by atoms with Gasteiger partial charge in [0.1, 0.15) is 22.1 Å². The molecule has 0 saturated carbocycles. The van der Waals surface area contributed by atoms with Crippen LogP contribution in [0.5, 0.6) is 0 Å². The van der Waals surface area contributed by atoms with Crippen LogP contribution in [-0.4, -0.2) is 36.1 Å². The van der Waals surface area contributed by atoms with Gasteiger partial charge in [-0.25, -0.2) is 24.0 Å².